The lowest BCUT2D eigenvalue weighted by molar-refractivity contribution is -0.138. The van der Waals surface area contributed by atoms with Gasteiger partial charge in [-0.15, -0.1) is 0 Å². The third-order valence-corrected chi connectivity index (χ3v) is 9.95. The summed E-state index contributed by atoms with van der Waals surface area (Å²) in [4.78, 5) is 23.5. The number of pyridine rings is 1. The van der Waals surface area contributed by atoms with Crippen LogP contribution in [0.4, 0.5) is 11.5 Å². The van der Waals surface area contributed by atoms with Crippen LogP contribution in [0.5, 0.6) is 0 Å². The number of rotatable bonds is 6. The summed E-state index contributed by atoms with van der Waals surface area (Å²) in [5.74, 6) is 1.39. The van der Waals surface area contributed by atoms with E-state index in [0.717, 1.165) is 73.7 Å². The van der Waals surface area contributed by atoms with Crippen molar-refractivity contribution in [2.24, 2.45) is 5.92 Å². The number of piperidine rings is 1. The molecule has 1 aromatic heterocycles. The predicted molar refractivity (Wildman–Crippen MR) is 170 cm³/mol. The summed E-state index contributed by atoms with van der Waals surface area (Å²) < 4.78 is 34.7. The smallest absolute Gasteiger partial charge is 0.223 e. The van der Waals surface area contributed by atoms with E-state index in [-0.39, 0.29) is 25.4 Å². The first-order valence-corrected chi connectivity index (χ1v) is 17.8. The quantitative estimate of drug-likeness (QED) is 0.480. The number of allylic oxidation sites excluding steroid dienone is 2. The van der Waals surface area contributed by atoms with E-state index in [1.165, 1.54) is 0 Å². The van der Waals surface area contributed by atoms with Crippen LogP contribution in [0.1, 0.15) is 47.0 Å². The number of hydrogen-bond acceptors (Lipinski definition) is 11. The normalized spacial score (nSPS) is 24.5. The van der Waals surface area contributed by atoms with Crippen molar-refractivity contribution in [1.82, 2.24) is 20.1 Å². The third-order valence-electron chi connectivity index (χ3n) is 9.00. The number of dihydropyridines is 1. The number of amides is 1. The van der Waals surface area contributed by atoms with Crippen LogP contribution in [0.15, 0.2) is 35.5 Å². The number of fused-ring (bicyclic) bond motifs is 1. The van der Waals surface area contributed by atoms with Crippen LogP contribution >= 0.6 is 0 Å². The number of nitrogens with one attached hydrogen (secondary N) is 2. The van der Waals surface area contributed by atoms with Crippen molar-refractivity contribution < 1.29 is 24.1 Å². The zero-order valence-corrected chi connectivity index (χ0v) is 27.1. The van der Waals surface area contributed by atoms with Crippen LogP contribution in [0.2, 0.25) is 0 Å². The number of hydrogen-bond donors (Lipinski definition) is 2. The predicted octanol–water partition coefficient (Wildman–Crippen LogP) is 2.47. The van der Waals surface area contributed by atoms with Crippen LogP contribution < -0.4 is 15.5 Å². The standard InChI is InChI=1S/C29H39N7O5S.C2H6.H2/c1-29(19-30)27-24(32-28-22(18-41-27)25(3-7-31-28)35-10-12-40-13-11-35)15-23(33-29)20-4-8-34(9-5-20)21-16-36(17-21)26(37)6-14-42(2,38)39;1-2;/h3,7,15,20-21,33H,4-6,8-14,16-18H2,1-2H3,(H,31,32);1-2H3;1H. The highest BCUT2D eigenvalue weighted by Gasteiger charge is 2.42. The first kappa shape index (κ1) is 32.1. The molecule has 0 spiro atoms. The maximum absolute atomic E-state index is 12.3. The Bertz CT molecular complexity index is 1440. The molecule has 6 rings (SSSR count). The van der Waals surface area contributed by atoms with Crippen molar-refractivity contribution in [2.75, 3.05) is 74.7 Å². The van der Waals surface area contributed by atoms with Gasteiger partial charge in [-0.25, -0.2) is 13.4 Å². The van der Waals surface area contributed by atoms with Crippen molar-refractivity contribution in [3.8, 4) is 6.07 Å². The van der Waals surface area contributed by atoms with Gasteiger partial charge in [-0.1, -0.05) is 13.8 Å². The summed E-state index contributed by atoms with van der Waals surface area (Å²) in [5.41, 5.74) is 2.81. The first-order valence-electron chi connectivity index (χ1n) is 15.7. The molecular weight excluding hydrogens is 582 g/mol. The topological polar surface area (TPSA) is 140 Å². The van der Waals surface area contributed by atoms with Crippen LogP contribution in [0.25, 0.3) is 0 Å². The van der Waals surface area contributed by atoms with Crippen LogP contribution in [-0.2, 0) is 30.7 Å². The van der Waals surface area contributed by atoms with Gasteiger partial charge in [0, 0.05) is 69.8 Å². The maximum atomic E-state index is 12.3. The highest BCUT2D eigenvalue weighted by molar-refractivity contribution is 7.90. The van der Waals surface area contributed by atoms with Crippen LogP contribution in [0, 0.1) is 17.2 Å². The highest BCUT2D eigenvalue weighted by atomic mass is 32.2. The lowest BCUT2D eigenvalue weighted by atomic mass is 9.86. The summed E-state index contributed by atoms with van der Waals surface area (Å²) in [5, 5.41) is 17.3. The largest absolute Gasteiger partial charge is 0.487 e. The molecule has 1 atom stereocenters. The lowest BCUT2D eigenvalue weighted by Crippen LogP contribution is -2.62. The van der Waals surface area contributed by atoms with Gasteiger partial charge in [-0.3, -0.25) is 9.69 Å². The Morgan fingerprint density at radius 3 is 2.57 bits per heavy atom. The summed E-state index contributed by atoms with van der Waals surface area (Å²) in [6, 6.07) is 4.78. The number of nitrogens with zero attached hydrogens (tertiary/aromatic N) is 5. The summed E-state index contributed by atoms with van der Waals surface area (Å²) in [6.07, 6.45) is 6.96. The molecule has 6 heterocycles. The van der Waals surface area contributed by atoms with E-state index in [1.54, 1.807) is 4.90 Å². The Balaban J connectivity index is 0.00000151. The fourth-order valence-electron chi connectivity index (χ4n) is 6.49. The second kappa shape index (κ2) is 13.3. The molecule has 0 bridgehead atoms. The molecule has 1 amide bonds. The van der Waals surface area contributed by atoms with Gasteiger partial charge in [0.25, 0.3) is 0 Å². The van der Waals surface area contributed by atoms with E-state index in [4.69, 9.17) is 9.47 Å². The van der Waals surface area contributed by atoms with Crippen LogP contribution in [0.3, 0.4) is 0 Å². The van der Waals surface area contributed by atoms with Gasteiger partial charge in [0.1, 0.15) is 22.3 Å². The number of ether oxygens (including phenoxy) is 2. The fourth-order valence-corrected chi connectivity index (χ4v) is 7.03. The molecule has 3 fully saturated rings. The third kappa shape index (κ3) is 6.82. The number of morpholine rings is 1. The minimum atomic E-state index is -3.14. The number of carbonyl (C=O) groups is 1. The molecule has 242 valence electrons. The molecule has 1 unspecified atom stereocenters. The molecule has 44 heavy (non-hydrogen) atoms. The first-order chi connectivity index (χ1) is 21.1. The lowest BCUT2D eigenvalue weighted by Gasteiger charge is -2.48. The van der Waals surface area contributed by atoms with Gasteiger partial charge in [0.05, 0.1) is 36.3 Å². The van der Waals surface area contributed by atoms with Crippen molar-refractivity contribution in [3.63, 3.8) is 0 Å². The minimum Gasteiger partial charge on any atom is -0.487 e. The highest BCUT2D eigenvalue weighted by Crippen LogP contribution is 2.39. The molecule has 1 aromatic rings. The Kier molecular flexibility index (Phi) is 9.72. The number of carbonyl (C=O) groups excluding carboxylic acids is 1. The van der Waals surface area contributed by atoms with E-state index in [9.17, 15) is 18.5 Å². The molecule has 13 heteroatoms. The number of likely N-dealkylation sites (tertiary alicyclic amines) is 2. The minimum absolute atomic E-state index is 0. The van der Waals surface area contributed by atoms with Crippen molar-refractivity contribution >= 4 is 27.2 Å². The van der Waals surface area contributed by atoms with E-state index in [2.05, 4.69) is 37.6 Å². The molecular formula is C31H47N7O5S. The maximum Gasteiger partial charge on any atom is 0.223 e. The molecule has 12 nitrogen and oxygen atoms in total. The second-order valence-corrected chi connectivity index (χ2v) is 14.3. The average Bonchev–Trinajstić information content (AvgIpc) is 3.20. The molecule has 3 saturated heterocycles. The number of nitriles is 1. The van der Waals surface area contributed by atoms with Crippen molar-refractivity contribution in [2.45, 2.75) is 58.2 Å². The molecule has 0 radical (unpaired) electrons. The Morgan fingerprint density at radius 2 is 1.91 bits per heavy atom. The Labute approximate surface area is 262 Å². The summed E-state index contributed by atoms with van der Waals surface area (Å²) in [7, 11) is -3.14. The molecule has 0 saturated carbocycles. The average molecular weight is 630 g/mol. The van der Waals surface area contributed by atoms with Gasteiger partial charge in [0.15, 0.2) is 11.3 Å². The Hall–Kier alpha value is -3.34. The fraction of sp³-hybridized carbons (Fsp3) is 0.645. The van der Waals surface area contributed by atoms with Crippen molar-refractivity contribution in [1.29, 1.82) is 5.26 Å². The molecule has 5 aliphatic heterocycles. The van der Waals surface area contributed by atoms with Crippen molar-refractivity contribution in [3.05, 3.63) is 41.1 Å². The SMILES string of the molecule is CC.CC1(C#N)NC(C2CCN(C3CN(C(=O)CCS(C)(=O)=O)C3)CC2)=CC2=C1OCc1c(N3CCOCC3)ccnc1N2.[HH]. The zero-order valence-electron chi connectivity index (χ0n) is 26.3. The van der Waals surface area contributed by atoms with Gasteiger partial charge in [-0.2, -0.15) is 5.26 Å². The summed E-state index contributed by atoms with van der Waals surface area (Å²) in [6.45, 7) is 12.3. The Morgan fingerprint density at radius 1 is 1.20 bits per heavy atom. The summed E-state index contributed by atoms with van der Waals surface area (Å²) >= 11 is 0. The number of anilines is 2. The van der Waals surface area contributed by atoms with E-state index in [1.807, 2.05) is 33.0 Å². The molecule has 0 aromatic carbocycles. The van der Waals surface area contributed by atoms with Gasteiger partial charge < -0.3 is 29.9 Å². The van der Waals surface area contributed by atoms with E-state index < -0.39 is 15.4 Å². The van der Waals surface area contributed by atoms with Gasteiger partial charge >= 0.3 is 0 Å². The zero-order chi connectivity index (χ0) is 31.5. The van der Waals surface area contributed by atoms with Gasteiger partial charge in [0.2, 0.25) is 5.91 Å². The molecule has 2 N–H and O–H groups in total. The molecule has 5 aliphatic rings. The van der Waals surface area contributed by atoms with Crippen LogP contribution in [-0.4, -0.2) is 105 Å². The monoisotopic (exact) mass is 629 g/mol. The molecule has 0 aliphatic carbocycles. The number of aromatic nitrogens is 1. The number of sulfone groups is 1. The second-order valence-electron chi connectivity index (χ2n) is 12.0. The van der Waals surface area contributed by atoms with Gasteiger partial charge in [-0.05, 0) is 45.0 Å². The van der Waals surface area contributed by atoms with E-state index >= 15 is 0 Å². The van der Waals surface area contributed by atoms with E-state index in [0.29, 0.717) is 44.7 Å².